The summed E-state index contributed by atoms with van der Waals surface area (Å²) in [5.74, 6) is 0.0540. The zero-order chi connectivity index (χ0) is 14.9. The standard InChI is InChI=1S/C14H15N7O/c22-14(10-21-13-4-2-1-3-12(13)16-18-21)19-7-5-11(9-19)20-8-6-15-17-20/h1-4,6,8,11H,5,7,9-10H2/t11-/m1/s1. The third kappa shape index (κ3) is 2.22. The lowest BCUT2D eigenvalue weighted by atomic mass is 10.3. The molecule has 1 aliphatic heterocycles. The van der Waals surface area contributed by atoms with Crippen molar-refractivity contribution in [3.05, 3.63) is 36.7 Å². The van der Waals surface area contributed by atoms with Crippen LogP contribution in [0, 0.1) is 0 Å². The fourth-order valence-corrected chi connectivity index (χ4v) is 2.86. The number of amides is 1. The smallest absolute Gasteiger partial charge is 0.244 e. The molecule has 0 bridgehead atoms. The summed E-state index contributed by atoms with van der Waals surface area (Å²) < 4.78 is 3.47. The third-order valence-electron chi connectivity index (χ3n) is 4.04. The molecule has 3 aromatic rings. The van der Waals surface area contributed by atoms with E-state index in [-0.39, 0.29) is 18.5 Å². The van der Waals surface area contributed by atoms with Crippen molar-refractivity contribution in [2.24, 2.45) is 0 Å². The van der Waals surface area contributed by atoms with E-state index in [0.717, 1.165) is 24.0 Å². The lowest BCUT2D eigenvalue weighted by Gasteiger charge is -2.16. The van der Waals surface area contributed by atoms with Crippen LogP contribution < -0.4 is 0 Å². The van der Waals surface area contributed by atoms with Crippen LogP contribution in [0.5, 0.6) is 0 Å². The van der Waals surface area contributed by atoms with Crippen LogP contribution in [0.3, 0.4) is 0 Å². The molecule has 3 heterocycles. The Bertz CT molecular complexity index is 794. The van der Waals surface area contributed by atoms with Crippen molar-refractivity contribution in [2.45, 2.75) is 19.0 Å². The molecule has 0 radical (unpaired) electrons. The first-order valence-corrected chi connectivity index (χ1v) is 7.23. The summed E-state index contributed by atoms with van der Waals surface area (Å²) >= 11 is 0. The summed E-state index contributed by atoms with van der Waals surface area (Å²) in [6.45, 7) is 1.61. The van der Waals surface area contributed by atoms with Gasteiger partial charge in [0.25, 0.3) is 0 Å². The van der Waals surface area contributed by atoms with Crippen LogP contribution in [0.1, 0.15) is 12.5 Å². The van der Waals surface area contributed by atoms with Crippen LogP contribution >= 0.6 is 0 Å². The number of aromatic nitrogens is 6. The Balaban J connectivity index is 1.47. The highest BCUT2D eigenvalue weighted by molar-refractivity contribution is 5.80. The van der Waals surface area contributed by atoms with E-state index in [1.165, 1.54) is 0 Å². The van der Waals surface area contributed by atoms with Crippen LogP contribution in [0.2, 0.25) is 0 Å². The first-order chi connectivity index (χ1) is 10.8. The minimum Gasteiger partial charge on any atom is -0.339 e. The zero-order valence-electron chi connectivity index (χ0n) is 11.9. The normalized spacial score (nSPS) is 18.2. The number of hydrogen-bond donors (Lipinski definition) is 0. The second-order valence-corrected chi connectivity index (χ2v) is 5.40. The quantitative estimate of drug-likeness (QED) is 0.703. The highest BCUT2D eigenvalue weighted by atomic mass is 16.2. The molecule has 2 aromatic heterocycles. The van der Waals surface area contributed by atoms with Gasteiger partial charge in [0.2, 0.25) is 5.91 Å². The second kappa shape index (κ2) is 5.21. The van der Waals surface area contributed by atoms with E-state index in [9.17, 15) is 4.79 Å². The number of hydrogen-bond acceptors (Lipinski definition) is 5. The molecule has 22 heavy (non-hydrogen) atoms. The highest BCUT2D eigenvalue weighted by Crippen LogP contribution is 2.20. The van der Waals surface area contributed by atoms with Gasteiger partial charge >= 0.3 is 0 Å². The number of benzene rings is 1. The number of nitrogens with zero attached hydrogens (tertiary/aromatic N) is 7. The third-order valence-corrected chi connectivity index (χ3v) is 4.04. The first-order valence-electron chi connectivity index (χ1n) is 7.23. The van der Waals surface area contributed by atoms with Crippen molar-refractivity contribution < 1.29 is 4.79 Å². The summed E-state index contributed by atoms with van der Waals surface area (Å²) in [7, 11) is 0. The van der Waals surface area contributed by atoms with Crippen molar-refractivity contribution in [3.8, 4) is 0 Å². The van der Waals surface area contributed by atoms with Gasteiger partial charge < -0.3 is 4.90 Å². The van der Waals surface area contributed by atoms with E-state index in [1.54, 1.807) is 10.9 Å². The fourth-order valence-electron chi connectivity index (χ4n) is 2.86. The summed E-state index contributed by atoms with van der Waals surface area (Å²) in [5.41, 5.74) is 1.68. The van der Waals surface area contributed by atoms with Gasteiger partial charge in [-0.1, -0.05) is 22.6 Å². The molecular formula is C14H15N7O. The number of rotatable bonds is 3. The van der Waals surface area contributed by atoms with E-state index in [0.29, 0.717) is 6.54 Å². The predicted octanol–water partition coefficient (Wildman–Crippen LogP) is 0.496. The van der Waals surface area contributed by atoms with Gasteiger partial charge in [0.1, 0.15) is 12.1 Å². The molecule has 0 unspecified atom stereocenters. The van der Waals surface area contributed by atoms with Gasteiger partial charge in [-0.15, -0.1) is 10.2 Å². The molecule has 0 saturated carbocycles. The van der Waals surface area contributed by atoms with Gasteiger partial charge in [-0.3, -0.25) is 4.79 Å². The Labute approximate surface area is 126 Å². The number of likely N-dealkylation sites (tertiary alicyclic amines) is 1. The number of carbonyl (C=O) groups excluding carboxylic acids is 1. The minimum absolute atomic E-state index is 0.0540. The van der Waals surface area contributed by atoms with Gasteiger partial charge in [-0.05, 0) is 18.6 Å². The molecular weight excluding hydrogens is 282 g/mol. The molecule has 8 heteroatoms. The van der Waals surface area contributed by atoms with E-state index in [1.807, 2.05) is 40.0 Å². The SMILES string of the molecule is O=C(Cn1nnc2ccccc21)N1CC[C@@H](n2ccnn2)C1. The number of carbonyl (C=O) groups is 1. The predicted molar refractivity (Wildman–Crippen MR) is 77.8 cm³/mol. The highest BCUT2D eigenvalue weighted by Gasteiger charge is 2.28. The molecule has 1 aromatic carbocycles. The molecule has 0 spiro atoms. The average molecular weight is 297 g/mol. The zero-order valence-corrected chi connectivity index (χ0v) is 11.9. The van der Waals surface area contributed by atoms with Crippen LogP contribution in [-0.2, 0) is 11.3 Å². The molecule has 4 rings (SSSR count). The largest absolute Gasteiger partial charge is 0.339 e. The fraction of sp³-hybridized carbons (Fsp3) is 0.357. The topological polar surface area (TPSA) is 81.7 Å². The molecule has 0 N–H and O–H groups in total. The van der Waals surface area contributed by atoms with Crippen LogP contribution in [0.25, 0.3) is 11.0 Å². The summed E-state index contributed by atoms with van der Waals surface area (Å²) in [6.07, 6.45) is 4.39. The molecule has 0 aliphatic carbocycles. The molecule has 112 valence electrons. The molecule has 1 aliphatic rings. The lowest BCUT2D eigenvalue weighted by Crippen LogP contribution is -2.32. The van der Waals surface area contributed by atoms with E-state index >= 15 is 0 Å². The van der Waals surface area contributed by atoms with Gasteiger partial charge in [0.05, 0.1) is 17.8 Å². The second-order valence-electron chi connectivity index (χ2n) is 5.40. The van der Waals surface area contributed by atoms with E-state index < -0.39 is 0 Å². The number of para-hydroxylation sites is 1. The van der Waals surface area contributed by atoms with Crippen molar-refractivity contribution in [1.29, 1.82) is 0 Å². The summed E-state index contributed by atoms with van der Waals surface area (Å²) in [4.78, 5) is 14.3. The monoisotopic (exact) mass is 297 g/mol. The Hall–Kier alpha value is -2.77. The summed E-state index contributed by atoms with van der Waals surface area (Å²) in [6, 6.07) is 7.85. The Kier molecular flexibility index (Phi) is 3.06. The first kappa shape index (κ1) is 12.9. The molecule has 1 saturated heterocycles. The molecule has 8 nitrogen and oxygen atoms in total. The van der Waals surface area contributed by atoms with Crippen molar-refractivity contribution >= 4 is 16.9 Å². The van der Waals surface area contributed by atoms with E-state index in [2.05, 4.69) is 20.6 Å². The van der Waals surface area contributed by atoms with Crippen LogP contribution in [-0.4, -0.2) is 53.9 Å². The van der Waals surface area contributed by atoms with E-state index in [4.69, 9.17) is 0 Å². The Morgan fingerprint density at radius 2 is 2.18 bits per heavy atom. The Morgan fingerprint density at radius 1 is 1.27 bits per heavy atom. The minimum atomic E-state index is 0.0540. The Morgan fingerprint density at radius 3 is 3.05 bits per heavy atom. The van der Waals surface area contributed by atoms with Gasteiger partial charge in [-0.2, -0.15) is 0 Å². The van der Waals surface area contributed by atoms with Crippen molar-refractivity contribution in [3.63, 3.8) is 0 Å². The average Bonchev–Trinajstić information content (AvgIpc) is 3.28. The van der Waals surface area contributed by atoms with Gasteiger partial charge in [0, 0.05) is 19.3 Å². The lowest BCUT2D eigenvalue weighted by molar-refractivity contribution is -0.131. The molecule has 1 fully saturated rings. The van der Waals surface area contributed by atoms with Gasteiger partial charge in [-0.25, -0.2) is 9.36 Å². The summed E-state index contributed by atoms with van der Waals surface area (Å²) in [5, 5.41) is 16.0. The van der Waals surface area contributed by atoms with Crippen LogP contribution in [0.15, 0.2) is 36.7 Å². The maximum Gasteiger partial charge on any atom is 0.244 e. The maximum absolute atomic E-state index is 12.5. The van der Waals surface area contributed by atoms with Gasteiger partial charge in [0.15, 0.2) is 0 Å². The maximum atomic E-state index is 12.5. The van der Waals surface area contributed by atoms with Crippen molar-refractivity contribution in [2.75, 3.05) is 13.1 Å². The number of fused-ring (bicyclic) bond motifs is 1. The molecule has 1 atom stereocenters. The molecule has 1 amide bonds. The van der Waals surface area contributed by atoms with Crippen molar-refractivity contribution in [1.82, 2.24) is 34.9 Å². The van der Waals surface area contributed by atoms with Crippen LogP contribution in [0.4, 0.5) is 0 Å².